The maximum Gasteiger partial charge on any atom is 0.239 e. The normalized spacial score (nSPS) is 15.3. The smallest absolute Gasteiger partial charge is 0.239 e. The van der Waals surface area contributed by atoms with Gasteiger partial charge in [-0.05, 0) is 19.1 Å². The van der Waals surface area contributed by atoms with Crippen molar-refractivity contribution in [1.29, 1.82) is 0 Å². The van der Waals surface area contributed by atoms with E-state index in [1.807, 2.05) is 31.2 Å². The van der Waals surface area contributed by atoms with Gasteiger partial charge in [-0.3, -0.25) is 15.1 Å². The minimum atomic E-state index is -0.209. The molecule has 1 aliphatic rings. The molecule has 0 saturated carbocycles. The Balaban J connectivity index is 1.61. The lowest BCUT2D eigenvalue weighted by Gasteiger charge is -2.09. The lowest BCUT2D eigenvalue weighted by atomic mass is 10.2. The van der Waals surface area contributed by atoms with E-state index < -0.39 is 0 Å². The van der Waals surface area contributed by atoms with Gasteiger partial charge in [0.15, 0.2) is 0 Å². The number of anilines is 1. The number of rotatable bonds is 4. The number of halogens is 1. The van der Waals surface area contributed by atoms with Gasteiger partial charge in [-0.1, -0.05) is 62.9 Å². The van der Waals surface area contributed by atoms with Crippen molar-refractivity contribution in [3.63, 3.8) is 0 Å². The number of hydrogen-bond acceptors (Lipinski definition) is 7. The summed E-state index contributed by atoms with van der Waals surface area (Å²) >= 11 is 7.96. The first-order valence-electron chi connectivity index (χ1n) is 6.86. The van der Waals surface area contributed by atoms with Crippen molar-refractivity contribution < 1.29 is 4.79 Å². The molecule has 1 aromatic carbocycles. The van der Waals surface area contributed by atoms with Gasteiger partial charge in [0.1, 0.15) is 9.38 Å². The van der Waals surface area contributed by atoms with Crippen molar-refractivity contribution in [2.75, 3.05) is 17.6 Å². The Morgan fingerprint density at radius 2 is 2.13 bits per heavy atom. The number of nitrogens with zero attached hydrogens (tertiary/aromatic N) is 3. The summed E-state index contributed by atoms with van der Waals surface area (Å²) in [5.41, 5.74) is 0.977. The van der Waals surface area contributed by atoms with Gasteiger partial charge in [0.05, 0.1) is 11.8 Å². The molecule has 1 aliphatic heterocycles. The fraction of sp³-hybridized carbons (Fsp3) is 0.286. The summed E-state index contributed by atoms with van der Waals surface area (Å²) in [7, 11) is 0. The molecule has 0 fully saturated rings. The van der Waals surface area contributed by atoms with E-state index >= 15 is 0 Å². The van der Waals surface area contributed by atoms with Crippen molar-refractivity contribution in [1.82, 2.24) is 10.2 Å². The summed E-state index contributed by atoms with van der Waals surface area (Å²) in [6, 6.07) is 7.83. The van der Waals surface area contributed by atoms with Crippen molar-refractivity contribution >= 4 is 66.2 Å². The summed E-state index contributed by atoms with van der Waals surface area (Å²) in [6.45, 7) is 2.71. The van der Waals surface area contributed by atoms with Crippen LogP contribution >= 0.6 is 50.8 Å². The number of carbonyl (C=O) groups excluding carboxylic acids is 1. The average Bonchev–Trinajstić information content (AvgIpc) is 3.20. The molecular weight excluding hydrogens is 416 g/mol. The topological polar surface area (TPSA) is 67.2 Å². The highest BCUT2D eigenvalue weighted by atomic mass is 79.9. The maximum absolute atomic E-state index is 12.2. The number of aromatic nitrogens is 2. The van der Waals surface area contributed by atoms with E-state index in [9.17, 15) is 4.79 Å². The first kappa shape index (κ1) is 16.9. The fourth-order valence-corrected chi connectivity index (χ4v) is 4.93. The minimum Gasteiger partial charge on any atom is -0.300 e. The zero-order valence-electron chi connectivity index (χ0n) is 12.2. The Hall–Kier alpha value is -0.900. The number of amides is 1. The predicted octanol–water partition coefficient (Wildman–Crippen LogP) is 4.13. The van der Waals surface area contributed by atoms with Crippen LogP contribution in [0.25, 0.3) is 10.6 Å². The van der Waals surface area contributed by atoms with Gasteiger partial charge in [0.2, 0.25) is 11.0 Å². The van der Waals surface area contributed by atoms with Crippen molar-refractivity contribution in [2.24, 2.45) is 4.99 Å². The molecule has 0 aliphatic carbocycles. The molecule has 0 radical (unpaired) electrons. The van der Waals surface area contributed by atoms with Crippen LogP contribution in [0.2, 0.25) is 0 Å². The molecule has 2 aromatic rings. The molecule has 0 bridgehead atoms. The first-order valence-corrected chi connectivity index (χ1v) is 10.3. The quantitative estimate of drug-likeness (QED) is 0.792. The second-order valence-electron chi connectivity index (χ2n) is 4.66. The van der Waals surface area contributed by atoms with Crippen molar-refractivity contribution in [3.8, 4) is 10.6 Å². The number of thioether (sulfide) groups is 2. The Kier molecular flexibility index (Phi) is 5.73. The molecule has 1 aromatic heterocycles. The highest BCUT2D eigenvalue weighted by Crippen LogP contribution is 2.29. The zero-order chi connectivity index (χ0) is 16.2. The van der Waals surface area contributed by atoms with E-state index in [1.165, 1.54) is 23.1 Å². The Bertz CT molecular complexity index is 732. The van der Waals surface area contributed by atoms with Crippen LogP contribution < -0.4 is 5.32 Å². The van der Waals surface area contributed by atoms with Gasteiger partial charge in [-0.25, -0.2) is 0 Å². The standard InChI is InChI=1S/C14H13BrN4OS3/c1-8(22-14-16-6-7-21-14)11(20)17-13-19-18-12(23-13)9-2-4-10(15)5-3-9/h2-5,8H,6-7H2,1H3,(H,17,19,20)/t8-/m1/s1. The van der Waals surface area contributed by atoms with E-state index in [0.717, 1.165) is 31.7 Å². The summed E-state index contributed by atoms with van der Waals surface area (Å²) in [4.78, 5) is 16.6. The van der Waals surface area contributed by atoms with E-state index in [4.69, 9.17) is 0 Å². The zero-order valence-corrected chi connectivity index (χ0v) is 16.2. The van der Waals surface area contributed by atoms with Crippen LogP contribution in [0.4, 0.5) is 5.13 Å². The second-order valence-corrected chi connectivity index (χ2v) is 9.23. The second kappa shape index (κ2) is 7.78. The van der Waals surface area contributed by atoms with Crippen LogP contribution in [-0.4, -0.2) is 38.0 Å². The van der Waals surface area contributed by atoms with Gasteiger partial charge in [-0.2, -0.15) is 0 Å². The first-order chi connectivity index (χ1) is 11.1. The van der Waals surface area contributed by atoms with Gasteiger partial charge in [-0.15, -0.1) is 10.2 Å². The molecule has 5 nitrogen and oxygen atoms in total. The Morgan fingerprint density at radius 3 is 2.83 bits per heavy atom. The van der Waals surface area contributed by atoms with E-state index in [1.54, 1.807) is 11.8 Å². The largest absolute Gasteiger partial charge is 0.300 e. The highest BCUT2D eigenvalue weighted by Gasteiger charge is 2.20. The van der Waals surface area contributed by atoms with E-state index in [0.29, 0.717) is 5.13 Å². The third-order valence-electron chi connectivity index (χ3n) is 2.95. The van der Waals surface area contributed by atoms with Crippen LogP contribution in [0.1, 0.15) is 6.92 Å². The molecule has 1 N–H and O–H groups in total. The maximum atomic E-state index is 12.2. The SMILES string of the molecule is C[C@@H](SC1=NCCS1)C(=O)Nc1nnc(-c2ccc(Br)cc2)s1. The molecular formula is C14H13BrN4OS3. The van der Waals surface area contributed by atoms with Crippen LogP contribution in [0.15, 0.2) is 33.7 Å². The third-order valence-corrected chi connectivity index (χ3v) is 6.67. The average molecular weight is 429 g/mol. The molecule has 0 spiro atoms. The van der Waals surface area contributed by atoms with E-state index in [2.05, 4.69) is 36.4 Å². The lowest BCUT2D eigenvalue weighted by Crippen LogP contribution is -2.23. The number of hydrogen-bond donors (Lipinski definition) is 1. The van der Waals surface area contributed by atoms with Crippen LogP contribution in [0, 0.1) is 0 Å². The van der Waals surface area contributed by atoms with Crippen LogP contribution in [0.5, 0.6) is 0 Å². The highest BCUT2D eigenvalue weighted by molar-refractivity contribution is 9.10. The van der Waals surface area contributed by atoms with E-state index in [-0.39, 0.29) is 11.2 Å². The van der Waals surface area contributed by atoms with Gasteiger partial charge < -0.3 is 0 Å². The lowest BCUT2D eigenvalue weighted by molar-refractivity contribution is -0.115. The Labute approximate surface area is 154 Å². The number of aliphatic imine (C=N–C) groups is 1. The predicted molar refractivity (Wildman–Crippen MR) is 103 cm³/mol. The number of nitrogens with one attached hydrogen (secondary N) is 1. The summed E-state index contributed by atoms with van der Waals surface area (Å²) < 4.78 is 2.00. The van der Waals surface area contributed by atoms with Gasteiger partial charge >= 0.3 is 0 Å². The minimum absolute atomic E-state index is 0.0799. The summed E-state index contributed by atoms with van der Waals surface area (Å²) in [5.74, 6) is 0.924. The molecule has 0 unspecified atom stereocenters. The third kappa shape index (κ3) is 4.56. The molecule has 120 valence electrons. The summed E-state index contributed by atoms with van der Waals surface area (Å²) in [5, 5.41) is 12.1. The van der Waals surface area contributed by atoms with Gasteiger partial charge in [0.25, 0.3) is 0 Å². The molecule has 3 rings (SSSR count). The van der Waals surface area contributed by atoms with Crippen LogP contribution in [-0.2, 0) is 4.79 Å². The van der Waals surface area contributed by atoms with Gasteiger partial charge in [0, 0.05) is 15.8 Å². The molecule has 1 atom stereocenters. The Morgan fingerprint density at radius 1 is 1.35 bits per heavy atom. The van der Waals surface area contributed by atoms with Crippen LogP contribution in [0.3, 0.4) is 0 Å². The number of carbonyl (C=O) groups is 1. The molecule has 0 saturated heterocycles. The fourth-order valence-electron chi connectivity index (χ4n) is 1.78. The summed E-state index contributed by atoms with van der Waals surface area (Å²) in [6.07, 6.45) is 0. The number of benzene rings is 1. The molecule has 23 heavy (non-hydrogen) atoms. The monoisotopic (exact) mass is 428 g/mol. The molecule has 2 heterocycles. The molecule has 1 amide bonds. The molecule has 9 heteroatoms. The van der Waals surface area contributed by atoms with Crippen molar-refractivity contribution in [3.05, 3.63) is 28.7 Å². The van der Waals surface area contributed by atoms with Crippen molar-refractivity contribution in [2.45, 2.75) is 12.2 Å².